The van der Waals surface area contributed by atoms with Crippen molar-refractivity contribution in [3.05, 3.63) is 11.1 Å². The van der Waals surface area contributed by atoms with Gasteiger partial charge in [-0.3, -0.25) is 4.79 Å². The molecule has 6 atom stereocenters. The average molecular weight is 366 g/mol. The highest BCUT2D eigenvalue weighted by Gasteiger charge is 2.70. The van der Waals surface area contributed by atoms with Crippen LogP contribution in [-0.4, -0.2) is 39.6 Å². The summed E-state index contributed by atoms with van der Waals surface area (Å²) in [5, 5.41) is 22.6. The molecule has 0 amide bonds. The summed E-state index contributed by atoms with van der Waals surface area (Å²) < 4.78 is 11.2. The molecule has 0 radical (unpaired) electrons. The number of esters is 2. The normalized spacial score (nSPS) is 43.4. The minimum atomic E-state index is -1.91. The van der Waals surface area contributed by atoms with Crippen LogP contribution in [0, 0.1) is 17.3 Å². The van der Waals surface area contributed by atoms with Crippen molar-refractivity contribution in [2.45, 2.75) is 84.2 Å². The van der Waals surface area contributed by atoms with Gasteiger partial charge in [0.05, 0.1) is 17.1 Å². The van der Waals surface area contributed by atoms with Crippen LogP contribution in [0.2, 0.25) is 0 Å². The van der Waals surface area contributed by atoms with Gasteiger partial charge in [-0.1, -0.05) is 34.1 Å². The Morgan fingerprint density at radius 1 is 1.42 bits per heavy atom. The molecule has 0 saturated heterocycles. The number of hydrogen-bond acceptors (Lipinski definition) is 6. The first-order chi connectivity index (χ1) is 12.0. The first kappa shape index (κ1) is 19.4. The van der Waals surface area contributed by atoms with Gasteiger partial charge in [0.1, 0.15) is 6.10 Å². The standard InChI is InChI=1S/C20H30O6/c1-6-11(2)16(21)25-15-14-13(4)17(22)26-20(14,24)10-19(23)9-7-8-12(3)18(15,19)5/h11-12,15,23-24H,6-10H2,1-5H3/t11?,12-,15+,18-,19-,20-/m0/s1. The fourth-order valence-corrected chi connectivity index (χ4v) is 5.01. The number of rotatable bonds is 3. The molecule has 3 aliphatic rings. The molecule has 0 aromatic carbocycles. The van der Waals surface area contributed by atoms with Gasteiger partial charge in [-0.2, -0.15) is 0 Å². The molecular formula is C20H30O6. The van der Waals surface area contributed by atoms with E-state index in [0.29, 0.717) is 18.4 Å². The maximum Gasteiger partial charge on any atom is 0.336 e. The van der Waals surface area contributed by atoms with E-state index in [1.807, 2.05) is 20.8 Å². The van der Waals surface area contributed by atoms with Gasteiger partial charge in [0.15, 0.2) is 0 Å². The minimum Gasteiger partial charge on any atom is -0.457 e. The van der Waals surface area contributed by atoms with E-state index < -0.39 is 28.9 Å². The highest BCUT2D eigenvalue weighted by molar-refractivity contribution is 5.93. The lowest BCUT2D eigenvalue weighted by Crippen LogP contribution is -2.68. The fraction of sp³-hybridized carbons (Fsp3) is 0.800. The third-order valence-electron chi connectivity index (χ3n) is 7.23. The molecular weight excluding hydrogens is 336 g/mol. The summed E-state index contributed by atoms with van der Waals surface area (Å²) in [5.74, 6) is -3.17. The number of carbonyl (C=O) groups is 2. The zero-order chi connectivity index (χ0) is 19.5. The van der Waals surface area contributed by atoms with E-state index >= 15 is 0 Å². The summed E-state index contributed by atoms with van der Waals surface area (Å²) in [5.41, 5.74) is -1.50. The summed E-state index contributed by atoms with van der Waals surface area (Å²) >= 11 is 0. The van der Waals surface area contributed by atoms with E-state index in [0.717, 1.165) is 12.8 Å². The number of aliphatic hydroxyl groups is 2. The van der Waals surface area contributed by atoms with Crippen LogP contribution < -0.4 is 0 Å². The van der Waals surface area contributed by atoms with Crippen LogP contribution >= 0.6 is 0 Å². The van der Waals surface area contributed by atoms with E-state index in [1.54, 1.807) is 13.8 Å². The number of fused-ring (bicyclic) bond motifs is 2. The van der Waals surface area contributed by atoms with E-state index in [9.17, 15) is 19.8 Å². The van der Waals surface area contributed by atoms with Crippen LogP contribution in [-0.2, 0) is 19.1 Å². The Balaban J connectivity index is 2.15. The maximum absolute atomic E-state index is 12.6. The van der Waals surface area contributed by atoms with Crippen molar-refractivity contribution >= 4 is 11.9 Å². The third-order valence-corrected chi connectivity index (χ3v) is 7.23. The van der Waals surface area contributed by atoms with Crippen molar-refractivity contribution in [3.8, 4) is 0 Å². The zero-order valence-corrected chi connectivity index (χ0v) is 16.3. The molecule has 3 rings (SSSR count). The smallest absolute Gasteiger partial charge is 0.336 e. The minimum absolute atomic E-state index is 0.0523. The summed E-state index contributed by atoms with van der Waals surface area (Å²) in [4.78, 5) is 24.8. The molecule has 0 bridgehead atoms. The largest absolute Gasteiger partial charge is 0.457 e. The molecule has 2 saturated carbocycles. The van der Waals surface area contributed by atoms with E-state index in [4.69, 9.17) is 9.47 Å². The lowest BCUT2D eigenvalue weighted by molar-refractivity contribution is -0.275. The Morgan fingerprint density at radius 2 is 2.08 bits per heavy atom. The molecule has 0 spiro atoms. The molecule has 6 nitrogen and oxygen atoms in total. The van der Waals surface area contributed by atoms with Crippen molar-refractivity contribution < 1.29 is 29.3 Å². The maximum atomic E-state index is 12.6. The Labute approximate surface area is 154 Å². The summed E-state index contributed by atoms with van der Waals surface area (Å²) in [7, 11) is 0. The van der Waals surface area contributed by atoms with Crippen LogP contribution in [0.4, 0.5) is 0 Å². The van der Waals surface area contributed by atoms with Crippen molar-refractivity contribution in [1.82, 2.24) is 0 Å². The Morgan fingerprint density at radius 3 is 2.69 bits per heavy atom. The van der Waals surface area contributed by atoms with Gasteiger partial charge in [0, 0.05) is 17.4 Å². The van der Waals surface area contributed by atoms with E-state index in [2.05, 4.69) is 0 Å². The van der Waals surface area contributed by atoms with Crippen LogP contribution in [0.15, 0.2) is 11.1 Å². The van der Waals surface area contributed by atoms with Gasteiger partial charge in [-0.05, 0) is 32.1 Å². The van der Waals surface area contributed by atoms with Gasteiger partial charge >= 0.3 is 11.9 Å². The lowest BCUT2D eigenvalue weighted by atomic mass is 9.49. The second-order valence-electron chi connectivity index (χ2n) is 8.62. The first-order valence-corrected chi connectivity index (χ1v) is 9.60. The van der Waals surface area contributed by atoms with Gasteiger partial charge in [-0.15, -0.1) is 0 Å². The fourth-order valence-electron chi connectivity index (χ4n) is 5.01. The molecule has 2 N–H and O–H groups in total. The van der Waals surface area contributed by atoms with Gasteiger partial charge < -0.3 is 19.7 Å². The van der Waals surface area contributed by atoms with Gasteiger partial charge in [0.25, 0.3) is 0 Å². The molecule has 1 heterocycles. The molecule has 2 aliphatic carbocycles. The van der Waals surface area contributed by atoms with Crippen LogP contribution in [0.1, 0.15) is 66.7 Å². The summed E-state index contributed by atoms with van der Waals surface area (Å²) in [6.45, 7) is 9.21. The second-order valence-corrected chi connectivity index (χ2v) is 8.62. The molecule has 0 aromatic heterocycles. The van der Waals surface area contributed by atoms with Crippen molar-refractivity contribution in [2.75, 3.05) is 0 Å². The predicted molar refractivity (Wildman–Crippen MR) is 93.8 cm³/mol. The Kier molecular flexibility index (Phi) is 4.51. The molecule has 2 fully saturated rings. The molecule has 1 unspecified atom stereocenters. The van der Waals surface area contributed by atoms with Crippen molar-refractivity contribution in [3.63, 3.8) is 0 Å². The lowest BCUT2D eigenvalue weighted by Gasteiger charge is -2.60. The molecule has 26 heavy (non-hydrogen) atoms. The average Bonchev–Trinajstić information content (AvgIpc) is 2.78. The van der Waals surface area contributed by atoms with Gasteiger partial charge in [0.2, 0.25) is 5.79 Å². The number of ether oxygens (including phenoxy) is 2. The monoisotopic (exact) mass is 366 g/mol. The number of carbonyl (C=O) groups excluding carboxylic acids is 2. The quantitative estimate of drug-likeness (QED) is 0.746. The molecule has 146 valence electrons. The third kappa shape index (κ3) is 2.45. The highest BCUT2D eigenvalue weighted by atomic mass is 16.7. The van der Waals surface area contributed by atoms with Crippen molar-refractivity contribution in [2.24, 2.45) is 17.3 Å². The van der Waals surface area contributed by atoms with Crippen molar-refractivity contribution in [1.29, 1.82) is 0 Å². The van der Waals surface area contributed by atoms with Crippen LogP contribution in [0.3, 0.4) is 0 Å². The van der Waals surface area contributed by atoms with Crippen LogP contribution in [0.5, 0.6) is 0 Å². The Bertz CT molecular complexity index is 669. The Hall–Kier alpha value is -1.40. The highest BCUT2D eigenvalue weighted by Crippen LogP contribution is 2.62. The van der Waals surface area contributed by atoms with Crippen LogP contribution in [0.25, 0.3) is 0 Å². The SMILES string of the molecule is CCC(C)C(=O)O[C@@H]1C2=C(C)C(=O)O[C@@]2(O)C[C@@]2(O)CCC[C@H](C)[C@@]12C. The topological polar surface area (TPSA) is 93.1 Å². The predicted octanol–water partition coefficient (Wildman–Crippen LogP) is 2.47. The summed E-state index contributed by atoms with van der Waals surface area (Å²) in [6.07, 6.45) is 1.81. The second kappa shape index (κ2) is 6.06. The first-order valence-electron chi connectivity index (χ1n) is 9.60. The molecule has 1 aliphatic heterocycles. The van der Waals surface area contributed by atoms with E-state index in [-0.39, 0.29) is 29.8 Å². The van der Waals surface area contributed by atoms with Gasteiger partial charge in [-0.25, -0.2) is 4.79 Å². The van der Waals surface area contributed by atoms with E-state index in [1.165, 1.54) is 0 Å². The molecule has 0 aromatic rings. The zero-order valence-electron chi connectivity index (χ0n) is 16.3. The number of hydrogen-bond donors (Lipinski definition) is 2. The molecule has 6 heteroatoms. The summed E-state index contributed by atoms with van der Waals surface area (Å²) in [6, 6.07) is 0.